The molecule has 0 aliphatic rings. The third-order valence-electron chi connectivity index (χ3n) is 3.38. The quantitative estimate of drug-likeness (QED) is 0.651. The van der Waals surface area contributed by atoms with Crippen molar-refractivity contribution in [1.82, 2.24) is 14.5 Å². The number of aromatic nitrogens is 2. The van der Waals surface area contributed by atoms with Gasteiger partial charge in [-0.3, -0.25) is 9.48 Å². The normalized spacial score (nSPS) is 14.9. The maximum atomic E-state index is 12.5. The molecule has 8 nitrogen and oxygen atoms in total. The van der Waals surface area contributed by atoms with Crippen LogP contribution in [0.25, 0.3) is 0 Å². The van der Waals surface area contributed by atoms with E-state index in [9.17, 15) is 18.3 Å². The minimum Gasteiger partial charge on any atom is -0.480 e. The molecule has 120 valence electrons. The number of aliphatic hydroxyl groups excluding tert-OH is 1. The number of carboxylic acid groups (broad SMARTS) is 1. The Morgan fingerprint density at radius 2 is 2.00 bits per heavy atom. The molecular weight excluding hydrogens is 298 g/mol. The highest BCUT2D eigenvalue weighted by molar-refractivity contribution is 7.89. The number of carbonyl (C=O) groups is 1. The number of nitrogens with zero attached hydrogens (tertiary/aromatic N) is 2. The number of aliphatic carboxylic acids is 1. The van der Waals surface area contributed by atoms with Gasteiger partial charge in [0.15, 0.2) is 0 Å². The monoisotopic (exact) mass is 319 g/mol. The van der Waals surface area contributed by atoms with E-state index in [0.717, 1.165) is 4.68 Å². The van der Waals surface area contributed by atoms with E-state index in [-0.39, 0.29) is 22.9 Å². The van der Waals surface area contributed by atoms with Crippen LogP contribution in [-0.4, -0.2) is 46.5 Å². The summed E-state index contributed by atoms with van der Waals surface area (Å²) in [6, 6.07) is 0. The van der Waals surface area contributed by atoms with Gasteiger partial charge in [-0.1, -0.05) is 6.92 Å². The molecule has 0 saturated carbocycles. The molecule has 1 aromatic heterocycles. The Hall–Kier alpha value is -1.45. The zero-order chi connectivity index (χ0) is 16.4. The summed E-state index contributed by atoms with van der Waals surface area (Å²) in [5.74, 6) is -1.11. The van der Waals surface area contributed by atoms with Gasteiger partial charge in [-0.15, -0.1) is 0 Å². The maximum Gasteiger partial charge on any atom is 0.325 e. The van der Waals surface area contributed by atoms with Gasteiger partial charge in [0.05, 0.1) is 23.5 Å². The Morgan fingerprint density at radius 1 is 1.43 bits per heavy atom. The lowest BCUT2D eigenvalue weighted by atomic mass is 10.0. The molecule has 9 heteroatoms. The second kappa shape index (κ2) is 6.12. The summed E-state index contributed by atoms with van der Waals surface area (Å²) in [5, 5.41) is 22.1. The molecule has 0 aromatic carbocycles. The summed E-state index contributed by atoms with van der Waals surface area (Å²) >= 11 is 0. The van der Waals surface area contributed by atoms with Crippen LogP contribution in [0, 0.1) is 13.8 Å². The fraction of sp³-hybridized carbons (Fsp3) is 0.667. The minimum atomic E-state index is -3.90. The molecule has 0 aliphatic heterocycles. The average molecular weight is 319 g/mol. The third-order valence-corrected chi connectivity index (χ3v) is 5.27. The zero-order valence-corrected chi connectivity index (χ0v) is 13.4. The van der Waals surface area contributed by atoms with Gasteiger partial charge in [-0.05, 0) is 27.2 Å². The minimum absolute atomic E-state index is 0.0446. The van der Waals surface area contributed by atoms with Crippen LogP contribution in [0.2, 0.25) is 0 Å². The molecule has 0 aliphatic carbocycles. The first kappa shape index (κ1) is 17.6. The molecular formula is C12H21N3O5S. The first-order chi connectivity index (χ1) is 9.56. The molecule has 0 saturated heterocycles. The van der Waals surface area contributed by atoms with Gasteiger partial charge in [0, 0.05) is 0 Å². The molecule has 1 rings (SSSR count). The van der Waals surface area contributed by atoms with E-state index in [1.165, 1.54) is 13.8 Å². The highest BCUT2D eigenvalue weighted by atomic mass is 32.2. The highest BCUT2D eigenvalue weighted by Crippen LogP contribution is 2.22. The van der Waals surface area contributed by atoms with Crippen molar-refractivity contribution in [2.45, 2.75) is 51.1 Å². The summed E-state index contributed by atoms with van der Waals surface area (Å²) in [6.07, 6.45) is 0.407. The van der Waals surface area contributed by atoms with Gasteiger partial charge in [0.2, 0.25) is 10.0 Å². The Labute approximate surface area is 123 Å². The van der Waals surface area contributed by atoms with E-state index >= 15 is 0 Å². The number of sulfonamides is 1. The van der Waals surface area contributed by atoms with Crippen LogP contribution in [-0.2, 0) is 21.4 Å². The van der Waals surface area contributed by atoms with E-state index < -0.39 is 28.1 Å². The molecule has 1 unspecified atom stereocenters. The molecule has 1 atom stereocenters. The predicted molar refractivity (Wildman–Crippen MR) is 75.4 cm³/mol. The molecule has 0 fully saturated rings. The van der Waals surface area contributed by atoms with E-state index in [0.29, 0.717) is 6.42 Å². The lowest BCUT2D eigenvalue weighted by Gasteiger charge is -2.26. The van der Waals surface area contributed by atoms with Crippen molar-refractivity contribution >= 4 is 16.0 Å². The van der Waals surface area contributed by atoms with Crippen molar-refractivity contribution in [1.29, 1.82) is 0 Å². The van der Waals surface area contributed by atoms with Crippen LogP contribution in [0.1, 0.15) is 31.7 Å². The van der Waals surface area contributed by atoms with Crippen molar-refractivity contribution in [3.05, 3.63) is 11.4 Å². The van der Waals surface area contributed by atoms with Crippen molar-refractivity contribution in [2.24, 2.45) is 0 Å². The number of carboxylic acids is 1. The summed E-state index contributed by atoms with van der Waals surface area (Å²) in [4.78, 5) is 10.7. The SMILES string of the molecule is CCC(C)(CO)NS(=O)(=O)c1c(C)nn(CC(=O)O)c1C. The number of aryl methyl sites for hydroxylation is 1. The fourth-order valence-electron chi connectivity index (χ4n) is 1.94. The van der Waals surface area contributed by atoms with Crippen LogP contribution in [0.15, 0.2) is 4.90 Å². The Morgan fingerprint density at radius 3 is 2.43 bits per heavy atom. The van der Waals surface area contributed by atoms with Gasteiger partial charge in [-0.2, -0.15) is 5.10 Å². The molecule has 1 aromatic rings. The van der Waals surface area contributed by atoms with Crippen molar-refractivity contribution in [3.63, 3.8) is 0 Å². The molecule has 0 bridgehead atoms. The highest BCUT2D eigenvalue weighted by Gasteiger charge is 2.32. The molecule has 0 radical (unpaired) electrons. The largest absolute Gasteiger partial charge is 0.480 e. The van der Waals surface area contributed by atoms with Crippen LogP contribution in [0.3, 0.4) is 0 Å². The first-order valence-corrected chi connectivity index (χ1v) is 7.95. The third kappa shape index (κ3) is 3.80. The van der Waals surface area contributed by atoms with E-state index in [1.807, 2.05) is 0 Å². The Bertz CT molecular complexity index is 632. The standard InChI is InChI=1S/C12H21N3O5S/c1-5-12(4,7-16)14-21(19,20)11-8(2)13-15(9(11)3)6-10(17)18/h14,16H,5-7H2,1-4H3,(H,17,18). The molecule has 3 N–H and O–H groups in total. The number of hydrogen-bond donors (Lipinski definition) is 3. The van der Waals surface area contributed by atoms with E-state index in [1.54, 1.807) is 13.8 Å². The number of rotatable bonds is 7. The van der Waals surface area contributed by atoms with Gasteiger partial charge in [-0.25, -0.2) is 13.1 Å². The smallest absolute Gasteiger partial charge is 0.325 e. The number of hydrogen-bond acceptors (Lipinski definition) is 5. The van der Waals surface area contributed by atoms with Gasteiger partial charge < -0.3 is 10.2 Å². The van der Waals surface area contributed by atoms with Crippen molar-refractivity contribution in [2.75, 3.05) is 6.61 Å². The number of nitrogens with one attached hydrogen (secondary N) is 1. The predicted octanol–water partition coefficient (Wildman–Crippen LogP) is 0.0238. The topological polar surface area (TPSA) is 122 Å². The zero-order valence-electron chi connectivity index (χ0n) is 12.5. The lowest BCUT2D eigenvalue weighted by molar-refractivity contribution is -0.137. The molecule has 21 heavy (non-hydrogen) atoms. The first-order valence-electron chi connectivity index (χ1n) is 6.47. The van der Waals surface area contributed by atoms with E-state index in [4.69, 9.17) is 5.11 Å². The van der Waals surface area contributed by atoms with Gasteiger partial charge in [0.25, 0.3) is 0 Å². The van der Waals surface area contributed by atoms with Crippen LogP contribution in [0.5, 0.6) is 0 Å². The summed E-state index contributed by atoms with van der Waals surface area (Å²) < 4.78 is 28.6. The lowest BCUT2D eigenvalue weighted by Crippen LogP contribution is -2.48. The van der Waals surface area contributed by atoms with Crippen LogP contribution in [0.4, 0.5) is 0 Å². The molecule has 0 spiro atoms. The Balaban J connectivity index is 3.27. The summed E-state index contributed by atoms with van der Waals surface area (Å²) in [6.45, 7) is 5.60. The molecule has 0 amide bonds. The van der Waals surface area contributed by atoms with Crippen molar-refractivity contribution < 1.29 is 23.4 Å². The van der Waals surface area contributed by atoms with Crippen LogP contribution >= 0.6 is 0 Å². The van der Waals surface area contributed by atoms with Gasteiger partial charge in [0.1, 0.15) is 11.4 Å². The van der Waals surface area contributed by atoms with Crippen LogP contribution < -0.4 is 4.72 Å². The second-order valence-corrected chi connectivity index (χ2v) is 6.85. The van der Waals surface area contributed by atoms with Gasteiger partial charge >= 0.3 is 5.97 Å². The van der Waals surface area contributed by atoms with E-state index in [2.05, 4.69) is 9.82 Å². The molecule has 1 heterocycles. The summed E-state index contributed by atoms with van der Waals surface area (Å²) in [7, 11) is -3.90. The Kier molecular flexibility index (Phi) is 5.13. The second-order valence-electron chi connectivity index (χ2n) is 5.23. The number of aliphatic hydroxyl groups is 1. The average Bonchev–Trinajstić information content (AvgIpc) is 2.63. The summed E-state index contributed by atoms with van der Waals surface area (Å²) in [5.41, 5.74) is -0.511. The maximum absolute atomic E-state index is 12.5. The fourth-order valence-corrected chi connectivity index (χ4v) is 3.83. The van der Waals surface area contributed by atoms with Crippen molar-refractivity contribution in [3.8, 4) is 0 Å².